The quantitative estimate of drug-likeness (QED) is 0.640. The zero-order chi connectivity index (χ0) is 17.8. The topological polar surface area (TPSA) is 20.3 Å². The van der Waals surface area contributed by atoms with Gasteiger partial charge in [0.15, 0.2) is 0 Å². The van der Waals surface area contributed by atoms with Gasteiger partial charge in [-0.15, -0.1) is 0 Å². The molecule has 0 atom stereocenters. The van der Waals surface area contributed by atoms with Gasteiger partial charge in [-0.05, 0) is 85.6 Å². The molecule has 0 saturated heterocycles. The van der Waals surface area contributed by atoms with Crippen molar-refractivity contribution >= 4 is 29.3 Å². The minimum atomic E-state index is 0.178. The van der Waals surface area contributed by atoms with E-state index in [2.05, 4.69) is 24.8 Å². The normalized spacial score (nSPS) is 19.7. The summed E-state index contributed by atoms with van der Waals surface area (Å²) >= 11 is 1.62. The average Bonchev–Trinajstić information content (AvgIpc) is 2.99. The fraction of sp³-hybridized carbons (Fsp3) is 0.348. The van der Waals surface area contributed by atoms with E-state index >= 15 is 0 Å². The number of anilines is 1. The van der Waals surface area contributed by atoms with Gasteiger partial charge in [0.25, 0.3) is 0 Å². The van der Waals surface area contributed by atoms with Crippen molar-refractivity contribution in [3.8, 4) is 0 Å². The van der Waals surface area contributed by atoms with Crippen LogP contribution in [0.2, 0.25) is 0 Å². The van der Waals surface area contributed by atoms with Gasteiger partial charge in [-0.1, -0.05) is 23.9 Å². The third-order valence-corrected chi connectivity index (χ3v) is 7.26. The molecule has 0 radical (unpaired) electrons. The summed E-state index contributed by atoms with van der Waals surface area (Å²) in [4.78, 5) is 17.4. The lowest BCUT2D eigenvalue weighted by Gasteiger charge is -2.39. The Morgan fingerprint density at radius 2 is 1.65 bits per heavy atom. The summed E-state index contributed by atoms with van der Waals surface area (Å²) in [6.07, 6.45) is 6.99. The van der Waals surface area contributed by atoms with Crippen LogP contribution in [0.15, 0.2) is 34.1 Å². The van der Waals surface area contributed by atoms with Crippen LogP contribution in [-0.2, 0) is 12.8 Å². The van der Waals surface area contributed by atoms with E-state index in [-0.39, 0.29) is 5.78 Å². The van der Waals surface area contributed by atoms with Crippen LogP contribution in [0.3, 0.4) is 0 Å². The van der Waals surface area contributed by atoms with Gasteiger partial charge in [0.05, 0.1) is 4.91 Å². The van der Waals surface area contributed by atoms with E-state index in [1.165, 1.54) is 72.3 Å². The molecule has 0 N–H and O–H groups in total. The standard InChI is InChI=1S/C23H23NOS/c1-14-16-8-5-11-24-12-6-9-17(22(16)24)15(2)19(14)13-21-23(25)18-7-3-4-10-20(18)26-21/h3-4,7,10,13H,5-6,8-9,11-12H2,1-2H3/b21-13-. The van der Waals surface area contributed by atoms with Gasteiger partial charge >= 0.3 is 0 Å². The molecule has 0 amide bonds. The van der Waals surface area contributed by atoms with Crippen molar-refractivity contribution < 1.29 is 4.79 Å². The average molecular weight is 362 g/mol. The predicted molar refractivity (Wildman–Crippen MR) is 109 cm³/mol. The Bertz CT molecular complexity index is 935. The van der Waals surface area contributed by atoms with E-state index in [1.807, 2.05) is 24.3 Å². The number of allylic oxidation sites excluding steroid dienone is 1. The fourth-order valence-corrected chi connectivity index (χ4v) is 5.88. The van der Waals surface area contributed by atoms with Crippen LogP contribution in [0.5, 0.6) is 0 Å². The molecule has 5 rings (SSSR count). The maximum atomic E-state index is 12.8. The summed E-state index contributed by atoms with van der Waals surface area (Å²) < 4.78 is 0. The molecule has 0 unspecified atom stereocenters. The first-order chi connectivity index (χ1) is 12.6. The highest BCUT2D eigenvalue weighted by Crippen LogP contribution is 2.44. The van der Waals surface area contributed by atoms with Crippen LogP contribution < -0.4 is 4.90 Å². The van der Waals surface area contributed by atoms with Crippen LogP contribution in [-0.4, -0.2) is 18.9 Å². The highest BCUT2D eigenvalue weighted by molar-refractivity contribution is 8.04. The molecule has 26 heavy (non-hydrogen) atoms. The second-order valence-corrected chi connectivity index (χ2v) is 8.68. The number of fused-ring (bicyclic) bond motifs is 1. The third-order valence-electron chi connectivity index (χ3n) is 6.16. The highest BCUT2D eigenvalue weighted by atomic mass is 32.2. The van der Waals surface area contributed by atoms with Gasteiger partial charge in [0, 0.05) is 29.2 Å². The van der Waals surface area contributed by atoms with Crippen LogP contribution >= 0.6 is 11.8 Å². The number of hydrogen-bond donors (Lipinski definition) is 0. The van der Waals surface area contributed by atoms with Crippen molar-refractivity contribution in [2.45, 2.75) is 44.4 Å². The van der Waals surface area contributed by atoms with Gasteiger partial charge in [-0.2, -0.15) is 0 Å². The smallest absolute Gasteiger partial charge is 0.200 e. The first kappa shape index (κ1) is 16.2. The van der Waals surface area contributed by atoms with Crippen LogP contribution in [0, 0.1) is 13.8 Å². The molecular formula is C23H23NOS. The van der Waals surface area contributed by atoms with Gasteiger partial charge in [-0.25, -0.2) is 0 Å². The predicted octanol–water partition coefficient (Wildman–Crippen LogP) is 5.33. The Hall–Kier alpha value is -2.00. The molecule has 2 aromatic rings. The summed E-state index contributed by atoms with van der Waals surface area (Å²) in [5, 5.41) is 0. The number of ketones is 1. The number of benzene rings is 2. The highest BCUT2D eigenvalue weighted by Gasteiger charge is 2.30. The molecule has 3 aliphatic rings. The monoisotopic (exact) mass is 361 g/mol. The molecule has 132 valence electrons. The fourth-order valence-electron chi connectivity index (χ4n) is 4.85. The molecule has 2 aromatic carbocycles. The van der Waals surface area contributed by atoms with E-state index in [4.69, 9.17) is 0 Å². The van der Waals surface area contributed by atoms with Crippen LogP contribution in [0.1, 0.15) is 51.0 Å². The van der Waals surface area contributed by atoms with E-state index in [1.54, 1.807) is 11.8 Å². The summed E-state index contributed by atoms with van der Waals surface area (Å²) in [5.74, 6) is 0.178. The van der Waals surface area contributed by atoms with E-state index in [0.29, 0.717) is 0 Å². The first-order valence-corrected chi connectivity index (χ1v) is 10.4. The molecule has 0 aromatic heterocycles. The maximum Gasteiger partial charge on any atom is 0.200 e. The molecule has 0 saturated carbocycles. The second kappa shape index (κ2) is 6.02. The van der Waals surface area contributed by atoms with Crippen LogP contribution in [0.4, 0.5) is 5.69 Å². The number of hydrogen-bond acceptors (Lipinski definition) is 3. The van der Waals surface area contributed by atoms with Crippen molar-refractivity contribution in [3.05, 3.63) is 62.6 Å². The lowest BCUT2D eigenvalue weighted by Crippen LogP contribution is -2.35. The molecule has 0 fully saturated rings. The SMILES string of the molecule is Cc1c(/C=C2\Sc3ccccc3C2=O)c(C)c2c3c1CCCN3CCC2. The number of carbonyl (C=O) groups is 1. The molecule has 3 heterocycles. The largest absolute Gasteiger partial charge is 0.371 e. The van der Waals surface area contributed by atoms with Gasteiger partial charge in [0.2, 0.25) is 5.78 Å². The van der Waals surface area contributed by atoms with Crippen molar-refractivity contribution in [3.63, 3.8) is 0 Å². The van der Waals surface area contributed by atoms with Crippen molar-refractivity contribution in [2.24, 2.45) is 0 Å². The zero-order valence-electron chi connectivity index (χ0n) is 15.4. The second-order valence-electron chi connectivity index (χ2n) is 7.60. The molecule has 2 nitrogen and oxygen atoms in total. The lowest BCUT2D eigenvalue weighted by molar-refractivity contribution is 0.104. The minimum absolute atomic E-state index is 0.178. The van der Waals surface area contributed by atoms with Gasteiger partial charge in [-0.3, -0.25) is 4.79 Å². The number of thioether (sulfide) groups is 1. The van der Waals surface area contributed by atoms with E-state index < -0.39 is 0 Å². The Morgan fingerprint density at radius 3 is 2.31 bits per heavy atom. The summed E-state index contributed by atoms with van der Waals surface area (Å²) in [6, 6.07) is 7.96. The van der Waals surface area contributed by atoms with E-state index in [0.717, 1.165) is 15.4 Å². The minimum Gasteiger partial charge on any atom is -0.371 e. The molecular weight excluding hydrogens is 338 g/mol. The molecule has 3 aliphatic heterocycles. The number of nitrogens with zero attached hydrogens (tertiary/aromatic N) is 1. The Kier molecular flexibility index (Phi) is 3.75. The number of rotatable bonds is 1. The van der Waals surface area contributed by atoms with Gasteiger partial charge in [0.1, 0.15) is 0 Å². The summed E-state index contributed by atoms with van der Waals surface area (Å²) in [6.45, 7) is 6.90. The molecule has 3 heteroatoms. The number of carbonyl (C=O) groups excluding carboxylic acids is 1. The summed E-state index contributed by atoms with van der Waals surface area (Å²) in [7, 11) is 0. The third kappa shape index (κ3) is 2.30. The maximum absolute atomic E-state index is 12.8. The van der Waals surface area contributed by atoms with Gasteiger partial charge < -0.3 is 4.90 Å². The molecule has 0 spiro atoms. The number of Topliss-reactive ketones (excluding diaryl/α,β-unsaturated/α-hetero) is 1. The Balaban J connectivity index is 1.67. The van der Waals surface area contributed by atoms with Crippen molar-refractivity contribution in [2.75, 3.05) is 18.0 Å². The lowest BCUT2D eigenvalue weighted by atomic mass is 9.82. The van der Waals surface area contributed by atoms with Crippen molar-refractivity contribution in [1.29, 1.82) is 0 Å². The van der Waals surface area contributed by atoms with Crippen LogP contribution in [0.25, 0.3) is 6.08 Å². The zero-order valence-corrected chi connectivity index (χ0v) is 16.2. The Labute approximate surface area is 159 Å². The molecule has 0 bridgehead atoms. The van der Waals surface area contributed by atoms with Crippen molar-refractivity contribution in [1.82, 2.24) is 0 Å². The summed E-state index contributed by atoms with van der Waals surface area (Å²) in [5.41, 5.74) is 9.46. The van der Waals surface area contributed by atoms with E-state index in [9.17, 15) is 4.79 Å². The first-order valence-electron chi connectivity index (χ1n) is 9.58. The molecule has 0 aliphatic carbocycles. The Morgan fingerprint density at radius 1 is 1.00 bits per heavy atom.